The highest BCUT2D eigenvalue weighted by Crippen LogP contribution is 2.35. The first-order valence-electron chi connectivity index (χ1n) is 9.12. The standard InChI is InChI=1S/C22H19FN2O4S/c1-22(2,26)16-6-4-5-15(19(16)23)20-21-17(24-12-25-20)11-18(29-21)13-7-9-14(10-8-13)30(3,27)28/h4-12,26H,1-3H3. The van der Waals surface area contributed by atoms with Crippen LogP contribution in [-0.2, 0) is 15.4 Å². The molecule has 0 spiro atoms. The molecule has 2 aromatic carbocycles. The molecular formula is C22H19FN2O4S. The molecule has 0 saturated carbocycles. The molecule has 4 aromatic rings. The molecule has 6 nitrogen and oxygen atoms in total. The Morgan fingerprint density at radius 1 is 1.07 bits per heavy atom. The molecule has 0 radical (unpaired) electrons. The second-order valence-electron chi connectivity index (χ2n) is 7.57. The summed E-state index contributed by atoms with van der Waals surface area (Å²) in [5.74, 6) is -0.133. The molecule has 2 heterocycles. The van der Waals surface area contributed by atoms with Crippen molar-refractivity contribution in [2.24, 2.45) is 0 Å². The number of rotatable bonds is 4. The minimum Gasteiger partial charge on any atom is -0.452 e. The Bertz CT molecular complexity index is 1350. The number of furan rings is 1. The summed E-state index contributed by atoms with van der Waals surface area (Å²) in [6, 6.07) is 12.7. The number of fused-ring (bicyclic) bond motifs is 1. The topological polar surface area (TPSA) is 93.3 Å². The summed E-state index contributed by atoms with van der Waals surface area (Å²) in [5, 5.41) is 10.2. The van der Waals surface area contributed by atoms with Crippen molar-refractivity contribution < 1.29 is 22.3 Å². The van der Waals surface area contributed by atoms with Crippen molar-refractivity contribution in [1.29, 1.82) is 0 Å². The lowest BCUT2D eigenvalue weighted by atomic mass is 9.94. The van der Waals surface area contributed by atoms with Crippen LogP contribution < -0.4 is 0 Å². The van der Waals surface area contributed by atoms with E-state index in [1.54, 1.807) is 30.3 Å². The minimum absolute atomic E-state index is 0.148. The van der Waals surface area contributed by atoms with Gasteiger partial charge < -0.3 is 9.52 Å². The summed E-state index contributed by atoms with van der Waals surface area (Å²) in [7, 11) is -3.31. The quantitative estimate of drug-likeness (QED) is 0.522. The molecule has 0 bridgehead atoms. The van der Waals surface area contributed by atoms with Gasteiger partial charge in [0.2, 0.25) is 0 Å². The average molecular weight is 426 g/mol. The fraction of sp³-hybridized carbons (Fsp3) is 0.182. The summed E-state index contributed by atoms with van der Waals surface area (Å²) in [6.45, 7) is 3.02. The van der Waals surface area contributed by atoms with E-state index in [9.17, 15) is 13.5 Å². The normalized spacial score (nSPS) is 12.4. The number of halogens is 1. The van der Waals surface area contributed by atoms with Gasteiger partial charge in [0.25, 0.3) is 0 Å². The molecule has 0 fully saturated rings. The zero-order valence-electron chi connectivity index (χ0n) is 16.5. The molecule has 0 aliphatic rings. The number of aromatic nitrogens is 2. The minimum atomic E-state index is -3.31. The number of sulfone groups is 1. The van der Waals surface area contributed by atoms with Gasteiger partial charge in [-0.1, -0.05) is 12.1 Å². The van der Waals surface area contributed by atoms with Gasteiger partial charge in [-0.3, -0.25) is 0 Å². The van der Waals surface area contributed by atoms with E-state index in [1.807, 2.05) is 0 Å². The van der Waals surface area contributed by atoms with Crippen LogP contribution >= 0.6 is 0 Å². The van der Waals surface area contributed by atoms with Crippen LogP contribution in [-0.4, -0.2) is 29.7 Å². The molecular weight excluding hydrogens is 407 g/mol. The molecule has 1 N–H and O–H groups in total. The van der Waals surface area contributed by atoms with Crippen LogP contribution in [0.15, 0.2) is 64.2 Å². The van der Waals surface area contributed by atoms with Crippen molar-refractivity contribution in [3.05, 3.63) is 66.2 Å². The third-order valence-electron chi connectivity index (χ3n) is 4.79. The van der Waals surface area contributed by atoms with E-state index in [0.29, 0.717) is 22.4 Å². The number of nitrogens with zero attached hydrogens (tertiary/aromatic N) is 2. The maximum absolute atomic E-state index is 15.1. The summed E-state index contributed by atoms with van der Waals surface area (Å²) >= 11 is 0. The summed E-state index contributed by atoms with van der Waals surface area (Å²) in [6.07, 6.45) is 2.46. The van der Waals surface area contributed by atoms with Crippen molar-refractivity contribution in [3.8, 4) is 22.6 Å². The summed E-state index contributed by atoms with van der Waals surface area (Å²) < 4.78 is 44.4. The SMILES string of the molecule is CC(C)(O)c1cccc(-c2ncnc3cc(-c4ccc(S(C)(=O)=O)cc4)oc23)c1F. The number of aliphatic hydroxyl groups is 1. The van der Waals surface area contributed by atoms with Crippen LogP contribution in [0.4, 0.5) is 4.39 Å². The molecule has 0 aliphatic carbocycles. The van der Waals surface area contributed by atoms with Gasteiger partial charge >= 0.3 is 0 Å². The second-order valence-corrected chi connectivity index (χ2v) is 9.59. The summed E-state index contributed by atoms with van der Waals surface area (Å²) in [5.41, 5.74) is 0.675. The van der Waals surface area contributed by atoms with E-state index < -0.39 is 21.3 Å². The maximum Gasteiger partial charge on any atom is 0.179 e. The number of hydrogen-bond acceptors (Lipinski definition) is 6. The Kier molecular flexibility index (Phi) is 4.71. The van der Waals surface area contributed by atoms with Crippen molar-refractivity contribution in [2.75, 3.05) is 6.26 Å². The maximum atomic E-state index is 15.1. The number of hydrogen-bond donors (Lipinski definition) is 1. The zero-order chi connectivity index (χ0) is 21.7. The fourth-order valence-electron chi connectivity index (χ4n) is 3.24. The second kappa shape index (κ2) is 7.00. The molecule has 2 aromatic heterocycles. The molecule has 0 amide bonds. The Labute approximate surface area is 173 Å². The van der Waals surface area contributed by atoms with Crippen LogP contribution in [0.5, 0.6) is 0 Å². The highest BCUT2D eigenvalue weighted by molar-refractivity contribution is 7.90. The molecule has 0 unspecified atom stereocenters. The summed E-state index contributed by atoms with van der Waals surface area (Å²) in [4.78, 5) is 8.61. The van der Waals surface area contributed by atoms with E-state index in [2.05, 4.69) is 9.97 Å². The van der Waals surface area contributed by atoms with E-state index in [1.165, 1.54) is 38.4 Å². The lowest BCUT2D eigenvalue weighted by molar-refractivity contribution is 0.0746. The van der Waals surface area contributed by atoms with Crippen LogP contribution in [0.25, 0.3) is 33.7 Å². The first-order chi connectivity index (χ1) is 14.1. The first kappa shape index (κ1) is 20.2. The lowest BCUT2D eigenvalue weighted by Crippen LogP contribution is -2.18. The highest BCUT2D eigenvalue weighted by atomic mass is 32.2. The smallest absolute Gasteiger partial charge is 0.179 e. The predicted octanol–water partition coefficient (Wildman–Crippen LogP) is 4.33. The Morgan fingerprint density at radius 3 is 2.40 bits per heavy atom. The first-order valence-corrected chi connectivity index (χ1v) is 11.0. The van der Waals surface area contributed by atoms with Crippen molar-refractivity contribution in [3.63, 3.8) is 0 Å². The van der Waals surface area contributed by atoms with Gasteiger partial charge in [0.1, 0.15) is 29.1 Å². The Morgan fingerprint density at radius 2 is 1.77 bits per heavy atom. The van der Waals surface area contributed by atoms with E-state index >= 15 is 4.39 Å². The average Bonchev–Trinajstić information content (AvgIpc) is 3.11. The van der Waals surface area contributed by atoms with Crippen molar-refractivity contribution in [1.82, 2.24) is 9.97 Å². The largest absolute Gasteiger partial charge is 0.452 e. The van der Waals surface area contributed by atoms with Crippen molar-refractivity contribution in [2.45, 2.75) is 24.3 Å². The van der Waals surface area contributed by atoms with E-state index in [-0.39, 0.29) is 21.7 Å². The lowest BCUT2D eigenvalue weighted by Gasteiger charge is -2.19. The van der Waals surface area contributed by atoms with Crippen LogP contribution in [0.1, 0.15) is 19.4 Å². The Hall–Kier alpha value is -3.10. The van der Waals surface area contributed by atoms with Gasteiger partial charge in [-0.2, -0.15) is 0 Å². The van der Waals surface area contributed by atoms with Gasteiger partial charge in [-0.25, -0.2) is 22.8 Å². The molecule has 4 rings (SSSR count). The van der Waals surface area contributed by atoms with Gasteiger partial charge in [-0.15, -0.1) is 0 Å². The molecule has 0 aliphatic heterocycles. The molecule has 154 valence electrons. The molecule has 30 heavy (non-hydrogen) atoms. The van der Waals surface area contributed by atoms with Gasteiger partial charge in [0, 0.05) is 29.0 Å². The zero-order valence-corrected chi connectivity index (χ0v) is 17.4. The molecule has 0 saturated heterocycles. The van der Waals surface area contributed by atoms with Crippen LogP contribution in [0.3, 0.4) is 0 Å². The molecule has 0 atom stereocenters. The van der Waals surface area contributed by atoms with Crippen molar-refractivity contribution >= 4 is 20.9 Å². The monoisotopic (exact) mass is 426 g/mol. The van der Waals surface area contributed by atoms with Crippen LogP contribution in [0, 0.1) is 5.82 Å². The highest BCUT2D eigenvalue weighted by Gasteiger charge is 2.25. The van der Waals surface area contributed by atoms with Gasteiger partial charge in [-0.05, 0) is 44.2 Å². The number of benzene rings is 2. The van der Waals surface area contributed by atoms with E-state index in [4.69, 9.17) is 4.42 Å². The third kappa shape index (κ3) is 3.59. The Balaban J connectivity index is 1.85. The van der Waals surface area contributed by atoms with Gasteiger partial charge in [0.05, 0.1) is 10.5 Å². The third-order valence-corrected chi connectivity index (χ3v) is 5.92. The predicted molar refractivity (Wildman–Crippen MR) is 111 cm³/mol. The van der Waals surface area contributed by atoms with Crippen LogP contribution in [0.2, 0.25) is 0 Å². The fourth-order valence-corrected chi connectivity index (χ4v) is 3.87. The molecule has 8 heteroatoms. The van der Waals surface area contributed by atoms with Gasteiger partial charge in [0.15, 0.2) is 15.4 Å². The van der Waals surface area contributed by atoms with E-state index in [0.717, 1.165) is 6.26 Å².